The summed E-state index contributed by atoms with van der Waals surface area (Å²) in [5, 5.41) is 7.52. The van der Waals surface area contributed by atoms with Crippen LogP contribution in [0.3, 0.4) is 0 Å². The maximum atomic E-state index is 5.45. The molecule has 1 aromatic carbocycles. The number of piperidine rings is 1. The normalized spacial score (nSPS) is 16.7. The van der Waals surface area contributed by atoms with E-state index in [1.807, 2.05) is 12.1 Å². The molecule has 2 aromatic rings. The van der Waals surface area contributed by atoms with E-state index in [-0.39, 0.29) is 0 Å². The Morgan fingerprint density at radius 1 is 1.32 bits per heavy atom. The van der Waals surface area contributed by atoms with Crippen molar-refractivity contribution in [2.45, 2.75) is 25.7 Å². The molecule has 0 atom stereocenters. The van der Waals surface area contributed by atoms with Gasteiger partial charge in [-0.3, -0.25) is 0 Å². The lowest BCUT2D eigenvalue weighted by atomic mass is 9.98. The van der Waals surface area contributed by atoms with Crippen LogP contribution < -0.4 is 5.32 Å². The Balaban J connectivity index is 1.90. The summed E-state index contributed by atoms with van der Waals surface area (Å²) in [6.45, 7) is 4.17. The molecule has 4 nitrogen and oxygen atoms in total. The van der Waals surface area contributed by atoms with Crippen molar-refractivity contribution in [1.29, 1.82) is 0 Å². The number of halogens is 1. The topological polar surface area (TPSA) is 51.0 Å². The molecule has 0 saturated carbocycles. The van der Waals surface area contributed by atoms with Crippen molar-refractivity contribution in [3.8, 4) is 11.5 Å². The SMILES string of the molecule is Cc1cccc(-c2nc(C3CCNCC3)no2)c1I. The molecule has 1 fully saturated rings. The van der Waals surface area contributed by atoms with E-state index >= 15 is 0 Å². The molecule has 0 spiro atoms. The minimum absolute atomic E-state index is 0.432. The number of benzene rings is 1. The summed E-state index contributed by atoms with van der Waals surface area (Å²) in [5.41, 5.74) is 2.27. The predicted molar refractivity (Wildman–Crippen MR) is 82.0 cm³/mol. The van der Waals surface area contributed by atoms with E-state index in [0.717, 1.165) is 37.3 Å². The fraction of sp³-hybridized carbons (Fsp3) is 0.429. The van der Waals surface area contributed by atoms with Crippen LogP contribution in [0.15, 0.2) is 22.7 Å². The zero-order valence-corrected chi connectivity index (χ0v) is 13.0. The van der Waals surface area contributed by atoms with Crippen molar-refractivity contribution < 1.29 is 4.52 Å². The number of aromatic nitrogens is 2. The molecule has 1 saturated heterocycles. The Labute approximate surface area is 126 Å². The number of rotatable bonds is 2. The first-order valence-electron chi connectivity index (χ1n) is 6.55. The average molecular weight is 369 g/mol. The Morgan fingerprint density at radius 3 is 2.89 bits per heavy atom. The van der Waals surface area contributed by atoms with Gasteiger partial charge in [0.15, 0.2) is 5.82 Å². The van der Waals surface area contributed by atoms with Gasteiger partial charge in [-0.05, 0) is 67.1 Å². The summed E-state index contributed by atoms with van der Waals surface area (Å²) < 4.78 is 6.63. The van der Waals surface area contributed by atoms with Gasteiger partial charge in [0.1, 0.15) is 0 Å². The molecule has 1 aliphatic heterocycles. The van der Waals surface area contributed by atoms with Gasteiger partial charge in [0.05, 0.1) is 5.56 Å². The van der Waals surface area contributed by atoms with E-state index in [1.165, 1.54) is 9.13 Å². The van der Waals surface area contributed by atoms with E-state index in [9.17, 15) is 0 Å². The molecule has 0 unspecified atom stereocenters. The van der Waals surface area contributed by atoms with Crippen molar-refractivity contribution >= 4 is 22.6 Å². The van der Waals surface area contributed by atoms with Gasteiger partial charge in [0.25, 0.3) is 5.89 Å². The van der Waals surface area contributed by atoms with E-state index in [4.69, 9.17) is 4.52 Å². The molecule has 0 amide bonds. The van der Waals surface area contributed by atoms with Gasteiger partial charge in [0, 0.05) is 9.49 Å². The van der Waals surface area contributed by atoms with Crippen LogP contribution in [-0.2, 0) is 0 Å². The standard InChI is InChI=1S/C14H16IN3O/c1-9-3-2-4-11(12(9)15)14-17-13(18-19-14)10-5-7-16-8-6-10/h2-4,10,16H,5-8H2,1H3. The van der Waals surface area contributed by atoms with Crippen LogP contribution in [0.4, 0.5) is 0 Å². The maximum Gasteiger partial charge on any atom is 0.259 e. The average Bonchev–Trinajstić information content (AvgIpc) is 2.92. The first kappa shape index (κ1) is 13.1. The minimum atomic E-state index is 0.432. The highest BCUT2D eigenvalue weighted by Gasteiger charge is 2.21. The largest absolute Gasteiger partial charge is 0.334 e. The molecule has 5 heteroatoms. The summed E-state index contributed by atoms with van der Waals surface area (Å²) >= 11 is 2.33. The highest BCUT2D eigenvalue weighted by atomic mass is 127. The van der Waals surface area contributed by atoms with Crippen LogP contribution in [0.1, 0.15) is 30.1 Å². The Morgan fingerprint density at radius 2 is 2.11 bits per heavy atom. The molecule has 1 aliphatic rings. The summed E-state index contributed by atoms with van der Waals surface area (Å²) in [6, 6.07) is 6.16. The minimum Gasteiger partial charge on any atom is -0.334 e. The first-order valence-corrected chi connectivity index (χ1v) is 7.63. The Bertz CT molecular complexity index is 576. The molecule has 0 bridgehead atoms. The van der Waals surface area contributed by atoms with Crippen LogP contribution in [0.5, 0.6) is 0 Å². The summed E-state index contributed by atoms with van der Waals surface area (Å²) in [6.07, 6.45) is 2.17. The molecular formula is C14H16IN3O. The number of hydrogen-bond acceptors (Lipinski definition) is 4. The fourth-order valence-corrected chi connectivity index (χ4v) is 2.99. The second-order valence-corrected chi connectivity index (χ2v) is 6.00. The van der Waals surface area contributed by atoms with E-state index in [0.29, 0.717) is 11.8 Å². The maximum absolute atomic E-state index is 5.45. The van der Waals surface area contributed by atoms with Gasteiger partial charge in [0.2, 0.25) is 0 Å². The van der Waals surface area contributed by atoms with Gasteiger partial charge in [-0.2, -0.15) is 4.98 Å². The lowest BCUT2D eigenvalue weighted by molar-refractivity contribution is 0.392. The predicted octanol–water partition coefficient (Wildman–Crippen LogP) is 3.12. The zero-order valence-electron chi connectivity index (χ0n) is 10.8. The number of aryl methyl sites for hydroxylation is 1. The van der Waals surface area contributed by atoms with Gasteiger partial charge in [-0.25, -0.2) is 0 Å². The van der Waals surface area contributed by atoms with Crippen LogP contribution >= 0.6 is 22.6 Å². The second-order valence-electron chi connectivity index (χ2n) is 4.92. The van der Waals surface area contributed by atoms with Crippen LogP contribution in [0.25, 0.3) is 11.5 Å². The van der Waals surface area contributed by atoms with Crippen molar-refractivity contribution in [3.05, 3.63) is 33.2 Å². The van der Waals surface area contributed by atoms with Crippen molar-refractivity contribution in [3.63, 3.8) is 0 Å². The van der Waals surface area contributed by atoms with Gasteiger partial charge in [-0.15, -0.1) is 0 Å². The quantitative estimate of drug-likeness (QED) is 0.827. The van der Waals surface area contributed by atoms with Gasteiger partial charge >= 0.3 is 0 Å². The summed E-state index contributed by atoms with van der Waals surface area (Å²) in [4.78, 5) is 4.60. The van der Waals surface area contributed by atoms with Crippen molar-refractivity contribution in [2.75, 3.05) is 13.1 Å². The van der Waals surface area contributed by atoms with Gasteiger partial charge in [-0.1, -0.05) is 17.3 Å². The molecule has 2 heterocycles. The third kappa shape index (κ3) is 2.67. The zero-order chi connectivity index (χ0) is 13.2. The monoisotopic (exact) mass is 369 g/mol. The molecule has 1 aromatic heterocycles. The molecule has 0 radical (unpaired) electrons. The lowest BCUT2D eigenvalue weighted by Crippen LogP contribution is -2.27. The third-order valence-corrected chi connectivity index (χ3v) is 5.00. The summed E-state index contributed by atoms with van der Waals surface area (Å²) in [5.74, 6) is 1.93. The second kappa shape index (κ2) is 5.58. The van der Waals surface area contributed by atoms with E-state index in [1.54, 1.807) is 0 Å². The first-order chi connectivity index (χ1) is 9.25. The fourth-order valence-electron chi connectivity index (χ4n) is 2.40. The molecule has 100 valence electrons. The molecule has 19 heavy (non-hydrogen) atoms. The smallest absolute Gasteiger partial charge is 0.259 e. The van der Waals surface area contributed by atoms with Crippen LogP contribution in [-0.4, -0.2) is 23.2 Å². The lowest BCUT2D eigenvalue weighted by Gasteiger charge is -2.18. The third-order valence-electron chi connectivity index (χ3n) is 3.57. The van der Waals surface area contributed by atoms with E-state index < -0.39 is 0 Å². The summed E-state index contributed by atoms with van der Waals surface area (Å²) in [7, 11) is 0. The van der Waals surface area contributed by atoms with Gasteiger partial charge < -0.3 is 9.84 Å². The number of nitrogens with one attached hydrogen (secondary N) is 1. The van der Waals surface area contributed by atoms with Crippen molar-refractivity contribution in [2.24, 2.45) is 0 Å². The number of nitrogens with zero attached hydrogens (tertiary/aromatic N) is 2. The molecular weight excluding hydrogens is 353 g/mol. The highest BCUT2D eigenvalue weighted by molar-refractivity contribution is 14.1. The highest BCUT2D eigenvalue weighted by Crippen LogP contribution is 2.29. The Kier molecular flexibility index (Phi) is 3.83. The van der Waals surface area contributed by atoms with E-state index in [2.05, 4.69) is 51.0 Å². The number of hydrogen-bond donors (Lipinski definition) is 1. The molecule has 0 aliphatic carbocycles. The molecule has 1 N–H and O–H groups in total. The molecule has 3 rings (SSSR count). The van der Waals surface area contributed by atoms with Crippen LogP contribution in [0, 0.1) is 10.5 Å². The van der Waals surface area contributed by atoms with Crippen LogP contribution in [0.2, 0.25) is 0 Å². The van der Waals surface area contributed by atoms with Crippen molar-refractivity contribution in [1.82, 2.24) is 15.5 Å². The Hall–Kier alpha value is -0.950.